The van der Waals surface area contributed by atoms with Gasteiger partial charge in [-0.2, -0.15) is 0 Å². The summed E-state index contributed by atoms with van der Waals surface area (Å²) in [5.74, 6) is 0.360. The van der Waals surface area contributed by atoms with Crippen LogP contribution in [-0.4, -0.2) is 30.2 Å². The molecule has 2 atom stereocenters. The van der Waals surface area contributed by atoms with Crippen molar-refractivity contribution in [2.45, 2.75) is 44.2 Å². The molecule has 2 heterocycles. The number of nitrogens with one attached hydrogen (secondary N) is 2. The number of amides is 1. The molecule has 1 aliphatic carbocycles. The quantitative estimate of drug-likeness (QED) is 0.729. The maximum atomic E-state index is 12.8. The number of benzene rings is 1. The number of aliphatic hydroxyl groups is 1. The Hall–Kier alpha value is -2.15. The van der Waals surface area contributed by atoms with Gasteiger partial charge in [-0.15, -0.1) is 12.4 Å². The Morgan fingerprint density at radius 3 is 2.68 bits per heavy atom. The Bertz CT molecular complexity index is 921. The average molecular weight is 405 g/mol. The smallest absolute Gasteiger partial charge is 0.349 e. The van der Waals surface area contributed by atoms with E-state index >= 15 is 0 Å². The number of piperidine rings is 1. The second-order valence-corrected chi connectivity index (χ2v) is 7.44. The highest BCUT2D eigenvalue weighted by molar-refractivity contribution is 5.95. The first-order valence-corrected chi connectivity index (χ1v) is 9.46. The van der Waals surface area contributed by atoms with Crippen molar-refractivity contribution in [3.05, 3.63) is 68.8 Å². The lowest BCUT2D eigenvalue weighted by Crippen LogP contribution is -2.37. The van der Waals surface area contributed by atoms with Gasteiger partial charge in [0.1, 0.15) is 11.3 Å². The van der Waals surface area contributed by atoms with Gasteiger partial charge in [-0.05, 0) is 55.6 Å². The molecule has 0 saturated carbocycles. The standard InChI is InChI=1S/C21H24N2O4.ClH/c1-12-10-17(13-6-8-22-9-7-13)27-21(26)18(12)20(25)23-19-15-5-3-2-4-14(15)11-16(19)24;/h2-5,10,13,16,19,22,24H,6-9,11H2,1H3,(H,23,25);1H/t16-,19+;/m0./s1. The summed E-state index contributed by atoms with van der Waals surface area (Å²) in [6, 6.07) is 8.92. The Labute approximate surface area is 169 Å². The van der Waals surface area contributed by atoms with Crippen molar-refractivity contribution in [1.29, 1.82) is 0 Å². The molecule has 3 N–H and O–H groups in total. The fourth-order valence-electron chi connectivity index (χ4n) is 4.17. The van der Waals surface area contributed by atoms with E-state index in [1.807, 2.05) is 30.3 Å². The molecule has 1 aliphatic heterocycles. The summed E-state index contributed by atoms with van der Waals surface area (Å²) in [4.78, 5) is 25.3. The zero-order valence-corrected chi connectivity index (χ0v) is 16.6. The van der Waals surface area contributed by atoms with Gasteiger partial charge in [-0.3, -0.25) is 4.79 Å². The predicted octanol–water partition coefficient (Wildman–Crippen LogP) is 2.23. The Kier molecular flexibility index (Phi) is 6.23. The summed E-state index contributed by atoms with van der Waals surface area (Å²) < 4.78 is 5.50. The molecule has 0 bridgehead atoms. The van der Waals surface area contributed by atoms with Gasteiger partial charge in [0.05, 0.1) is 12.1 Å². The first-order chi connectivity index (χ1) is 13.0. The van der Waals surface area contributed by atoms with Crippen molar-refractivity contribution in [1.82, 2.24) is 10.6 Å². The van der Waals surface area contributed by atoms with E-state index < -0.39 is 23.7 Å². The summed E-state index contributed by atoms with van der Waals surface area (Å²) in [5.41, 5.74) is 1.93. The van der Waals surface area contributed by atoms with Crippen LogP contribution in [-0.2, 0) is 6.42 Å². The molecule has 2 aromatic rings. The van der Waals surface area contributed by atoms with Crippen LogP contribution in [0.1, 0.15) is 57.6 Å². The normalized spacial score (nSPS) is 21.6. The molecule has 0 unspecified atom stereocenters. The number of aryl methyl sites for hydroxylation is 1. The van der Waals surface area contributed by atoms with Gasteiger partial charge in [0.15, 0.2) is 0 Å². The number of fused-ring (bicyclic) bond motifs is 1. The van der Waals surface area contributed by atoms with Crippen LogP contribution >= 0.6 is 12.4 Å². The minimum atomic E-state index is -0.701. The number of carbonyl (C=O) groups is 1. The zero-order chi connectivity index (χ0) is 19.0. The second-order valence-electron chi connectivity index (χ2n) is 7.44. The van der Waals surface area contributed by atoms with Crippen LogP contribution in [0, 0.1) is 6.92 Å². The van der Waals surface area contributed by atoms with Crippen molar-refractivity contribution < 1.29 is 14.3 Å². The molecule has 4 rings (SSSR count). The van der Waals surface area contributed by atoms with E-state index in [0.29, 0.717) is 17.7 Å². The monoisotopic (exact) mass is 404 g/mol. The van der Waals surface area contributed by atoms with E-state index in [0.717, 1.165) is 37.1 Å². The fourth-order valence-corrected chi connectivity index (χ4v) is 4.17. The van der Waals surface area contributed by atoms with Crippen LogP contribution in [0.3, 0.4) is 0 Å². The number of hydrogen-bond donors (Lipinski definition) is 3. The van der Waals surface area contributed by atoms with Gasteiger partial charge in [0, 0.05) is 12.3 Å². The summed E-state index contributed by atoms with van der Waals surface area (Å²) in [7, 11) is 0. The first-order valence-electron chi connectivity index (χ1n) is 9.46. The highest BCUT2D eigenvalue weighted by atomic mass is 35.5. The summed E-state index contributed by atoms with van der Waals surface area (Å²) >= 11 is 0. The van der Waals surface area contributed by atoms with E-state index in [1.54, 1.807) is 6.92 Å². The van der Waals surface area contributed by atoms with Crippen molar-refractivity contribution in [2.75, 3.05) is 13.1 Å². The fraction of sp³-hybridized carbons (Fsp3) is 0.429. The lowest BCUT2D eigenvalue weighted by Gasteiger charge is -2.22. The summed E-state index contributed by atoms with van der Waals surface area (Å²) in [5, 5.41) is 16.4. The number of hydrogen-bond acceptors (Lipinski definition) is 5. The van der Waals surface area contributed by atoms with Gasteiger partial charge in [-0.25, -0.2) is 4.79 Å². The molecule has 28 heavy (non-hydrogen) atoms. The van der Waals surface area contributed by atoms with E-state index in [1.165, 1.54) is 0 Å². The van der Waals surface area contributed by atoms with E-state index in [2.05, 4.69) is 10.6 Å². The van der Waals surface area contributed by atoms with Crippen molar-refractivity contribution >= 4 is 18.3 Å². The van der Waals surface area contributed by atoms with Gasteiger partial charge in [-0.1, -0.05) is 24.3 Å². The predicted molar refractivity (Wildman–Crippen MR) is 108 cm³/mol. The van der Waals surface area contributed by atoms with Gasteiger partial charge < -0.3 is 20.2 Å². The van der Waals surface area contributed by atoms with Crippen LogP contribution < -0.4 is 16.3 Å². The largest absolute Gasteiger partial charge is 0.427 e. The Balaban J connectivity index is 0.00000225. The molecule has 2 aliphatic rings. The maximum absolute atomic E-state index is 12.8. The topological polar surface area (TPSA) is 91.6 Å². The van der Waals surface area contributed by atoms with Gasteiger partial charge in [0.25, 0.3) is 5.91 Å². The van der Waals surface area contributed by atoms with Crippen LogP contribution in [0.15, 0.2) is 39.5 Å². The molecule has 1 amide bonds. The van der Waals surface area contributed by atoms with Crippen molar-refractivity contribution in [3.63, 3.8) is 0 Å². The first kappa shape index (κ1) is 20.6. The Morgan fingerprint density at radius 1 is 1.25 bits per heavy atom. The highest BCUT2D eigenvalue weighted by Gasteiger charge is 2.33. The summed E-state index contributed by atoms with van der Waals surface area (Å²) in [6.45, 7) is 3.55. The third-order valence-corrected chi connectivity index (χ3v) is 5.63. The SMILES string of the molecule is Cc1cc(C2CCNCC2)oc(=O)c1C(=O)N[C@@H]1c2ccccc2C[C@@H]1O.Cl. The summed E-state index contributed by atoms with van der Waals surface area (Å²) in [6.07, 6.45) is 1.62. The molecule has 1 fully saturated rings. The highest BCUT2D eigenvalue weighted by Crippen LogP contribution is 2.31. The molecule has 1 saturated heterocycles. The molecule has 0 radical (unpaired) electrons. The lowest BCUT2D eigenvalue weighted by molar-refractivity contribution is 0.0853. The number of carbonyl (C=O) groups excluding carboxylic acids is 1. The number of rotatable bonds is 3. The van der Waals surface area contributed by atoms with E-state index in [4.69, 9.17) is 4.42 Å². The molecule has 1 aromatic heterocycles. The third kappa shape index (κ3) is 3.85. The van der Waals surface area contributed by atoms with Crippen LogP contribution in [0.2, 0.25) is 0 Å². The van der Waals surface area contributed by atoms with Crippen LogP contribution in [0.5, 0.6) is 0 Å². The van der Waals surface area contributed by atoms with Gasteiger partial charge in [0.2, 0.25) is 0 Å². The Morgan fingerprint density at radius 2 is 1.96 bits per heavy atom. The molecular formula is C21H25ClN2O4. The maximum Gasteiger partial charge on any atom is 0.349 e. The van der Waals surface area contributed by atoms with E-state index in [9.17, 15) is 14.7 Å². The van der Waals surface area contributed by atoms with Crippen molar-refractivity contribution in [2.24, 2.45) is 0 Å². The van der Waals surface area contributed by atoms with Crippen LogP contribution in [0.4, 0.5) is 0 Å². The second kappa shape index (κ2) is 8.47. The molecule has 6 nitrogen and oxygen atoms in total. The third-order valence-electron chi connectivity index (χ3n) is 5.63. The number of halogens is 1. The molecule has 0 spiro atoms. The molecule has 150 valence electrons. The minimum absolute atomic E-state index is 0. The van der Waals surface area contributed by atoms with Crippen LogP contribution in [0.25, 0.3) is 0 Å². The van der Waals surface area contributed by atoms with E-state index in [-0.39, 0.29) is 23.9 Å². The number of aliphatic hydroxyl groups excluding tert-OH is 1. The zero-order valence-electron chi connectivity index (χ0n) is 15.7. The minimum Gasteiger partial charge on any atom is -0.427 e. The molecule has 1 aromatic carbocycles. The van der Waals surface area contributed by atoms with Gasteiger partial charge >= 0.3 is 5.63 Å². The average Bonchev–Trinajstić information content (AvgIpc) is 2.97. The molecule has 7 heteroatoms. The van der Waals surface area contributed by atoms with Crippen molar-refractivity contribution in [3.8, 4) is 0 Å². The molecular weight excluding hydrogens is 380 g/mol. The lowest BCUT2D eigenvalue weighted by atomic mass is 9.94.